The molecule has 2 aromatic rings. The average molecular weight is 337 g/mol. The van der Waals surface area contributed by atoms with Crippen LogP contribution < -0.4 is 5.32 Å². The Kier molecular flexibility index (Phi) is 4.35. The molecule has 0 aromatic heterocycles. The van der Waals surface area contributed by atoms with Gasteiger partial charge in [0.15, 0.2) is 0 Å². The van der Waals surface area contributed by atoms with Crippen molar-refractivity contribution in [1.82, 2.24) is 5.32 Å². The molecule has 0 radical (unpaired) electrons. The standard InChI is InChI=1S/C17H14F3NOS/c18-17(19,20)13-6-3-4-11(8-13)10-21-16(22)15-9-12-5-1-2-7-14(12)23-15/h1-8,15H,9-10H2,(H,21,22). The topological polar surface area (TPSA) is 29.1 Å². The average Bonchev–Trinajstić information content (AvgIpc) is 2.96. The van der Waals surface area contributed by atoms with Crippen LogP contribution in [0.2, 0.25) is 0 Å². The molecule has 0 saturated carbocycles. The van der Waals surface area contributed by atoms with Crippen molar-refractivity contribution in [2.75, 3.05) is 0 Å². The Bertz CT molecular complexity index is 705. The van der Waals surface area contributed by atoms with E-state index >= 15 is 0 Å². The molecule has 1 aliphatic rings. The first-order chi connectivity index (χ1) is 10.9. The van der Waals surface area contributed by atoms with E-state index in [1.54, 1.807) is 6.07 Å². The van der Waals surface area contributed by atoms with Gasteiger partial charge in [-0.3, -0.25) is 4.79 Å². The Labute approximate surface area is 136 Å². The van der Waals surface area contributed by atoms with Crippen molar-refractivity contribution in [3.8, 4) is 0 Å². The molecule has 6 heteroatoms. The molecule has 1 aliphatic heterocycles. The third kappa shape index (κ3) is 3.69. The number of rotatable bonds is 3. The summed E-state index contributed by atoms with van der Waals surface area (Å²) in [6.07, 6.45) is -3.72. The van der Waals surface area contributed by atoms with Crippen molar-refractivity contribution in [2.24, 2.45) is 0 Å². The zero-order chi connectivity index (χ0) is 16.4. The quantitative estimate of drug-likeness (QED) is 0.916. The zero-order valence-corrected chi connectivity index (χ0v) is 12.9. The Morgan fingerprint density at radius 1 is 1.17 bits per heavy atom. The van der Waals surface area contributed by atoms with Gasteiger partial charge in [-0.2, -0.15) is 13.2 Å². The molecule has 1 unspecified atom stereocenters. The van der Waals surface area contributed by atoms with E-state index in [1.807, 2.05) is 24.3 Å². The molecule has 2 nitrogen and oxygen atoms in total. The number of carbonyl (C=O) groups is 1. The van der Waals surface area contributed by atoms with Crippen molar-refractivity contribution in [1.29, 1.82) is 0 Å². The van der Waals surface area contributed by atoms with Gasteiger partial charge in [0.25, 0.3) is 0 Å². The molecule has 2 aromatic carbocycles. The van der Waals surface area contributed by atoms with Gasteiger partial charge in [0.05, 0.1) is 10.8 Å². The van der Waals surface area contributed by atoms with Crippen molar-refractivity contribution in [3.63, 3.8) is 0 Å². The molecule has 23 heavy (non-hydrogen) atoms. The fraction of sp³-hybridized carbons (Fsp3) is 0.235. The maximum atomic E-state index is 12.7. The molecule has 0 bridgehead atoms. The van der Waals surface area contributed by atoms with Crippen LogP contribution in [0.1, 0.15) is 16.7 Å². The van der Waals surface area contributed by atoms with Gasteiger partial charge in [0, 0.05) is 11.4 Å². The molecule has 0 fully saturated rings. The van der Waals surface area contributed by atoms with E-state index in [0.717, 1.165) is 22.6 Å². The van der Waals surface area contributed by atoms with Crippen LogP contribution in [0.25, 0.3) is 0 Å². The number of halogens is 3. The summed E-state index contributed by atoms with van der Waals surface area (Å²) in [5, 5.41) is 2.50. The Morgan fingerprint density at radius 2 is 1.96 bits per heavy atom. The highest BCUT2D eigenvalue weighted by Gasteiger charge is 2.31. The first-order valence-corrected chi connectivity index (χ1v) is 8.00. The van der Waals surface area contributed by atoms with Crippen LogP contribution in [0.3, 0.4) is 0 Å². The maximum absolute atomic E-state index is 12.7. The maximum Gasteiger partial charge on any atom is 0.416 e. The summed E-state index contributed by atoms with van der Waals surface area (Å²) in [7, 11) is 0. The van der Waals surface area contributed by atoms with Crippen molar-refractivity contribution < 1.29 is 18.0 Å². The monoisotopic (exact) mass is 337 g/mol. The Morgan fingerprint density at radius 3 is 2.70 bits per heavy atom. The van der Waals surface area contributed by atoms with E-state index in [4.69, 9.17) is 0 Å². The normalized spacial score (nSPS) is 16.9. The number of amides is 1. The number of alkyl halides is 3. The molecular formula is C17H14F3NOS. The SMILES string of the molecule is O=C(NCc1cccc(C(F)(F)F)c1)C1Cc2ccccc2S1. The molecule has 0 spiro atoms. The number of thioether (sulfide) groups is 1. The summed E-state index contributed by atoms with van der Waals surface area (Å²) in [5.74, 6) is -0.149. The lowest BCUT2D eigenvalue weighted by Gasteiger charge is -2.12. The smallest absolute Gasteiger partial charge is 0.351 e. The van der Waals surface area contributed by atoms with E-state index in [1.165, 1.54) is 17.8 Å². The van der Waals surface area contributed by atoms with Gasteiger partial charge in [-0.25, -0.2) is 0 Å². The number of carbonyl (C=O) groups excluding carboxylic acids is 1. The summed E-state index contributed by atoms with van der Waals surface area (Å²) >= 11 is 1.49. The molecular weight excluding hydrogens is 323 g/mol. The second-order valence-electron chi connectivity index (χ2n) is 5.33. The van der Waals surface area contributed by atoms with E-state index in [2.05, 4.69) is 5.32 Å². The second-order valence-corrected chi connectivity index (χ2v) is 6.58. The van der Waals surface area contributed by atoms with Crippen LogP contribution >= 0.6 is 11.8 Å². The summed E-state index contributed by atoms with van der Waals surface area (Å²) in [6, 6.07) is 12.8. The van der Waals surface area contributed by atoms with Crippen LogP contribution in [0.4, 0.5) is 13.2 Å². The van der Waals surface area contributed by atoms with Crippen molar-refractivity contribution in [2.45, 2.75) is 29.3 Å². The molecule has 3 rings (SSSR count). The molecule has 1 amide bonds. The summed E-state index contributed by atoms with van der Waals surface area (Å²) in [6.45, 7) is 0.0934. The summed E-state index contributed by atoms with van der Waals surface area (Å²) < 4.78 is 38.0. The predicted octanol–water partition coefficient (Wildman–Crippen LogP) is 4.04. The number of nitrogens with one attached hydrogen (secondary N) is 1. The van der Waals surface area contributed by atoms with E-state index in [0.29, 0.717) is 12.0 Å². The summed E-state index contributed by atoms with van der Waals surface area (Å²) in [4.78, 5) is 13.3. The van der Waals surface area contributed by atoms with Gasteiger partial charge in [-0.05, 0) is 35.7 Å². The number of benzene rings is 2. The fourth-order valence-corrected chi connectivity index (χ4v) is 3.71. The van der Waals surface area contributed by atoms with Gasteiger partial charge in [-0.15, -0.1) is 11.8 Å². The highest BCUT2D eigenvalue weighted by molar-refractivity contribution is 8.01. The predicted molar refractivity (Wildman–Crippen MR) is 83.1 cm³/mol. The minimum Gasteiger partial charge on any atom is -0.351 e. The minimum atomic E-state index is -4.37. The van der Waals surface area contributed by atoms with Gasteiger partial charge in [0.1, 0.15) is 0 Å². The van der Waals surface area contributed by atoms with Gasteiger partial charge < -0.3 is 5.32 Å². The van der Waals surface area contributed by atoms with Crippen LogP contribution in [-0.4, -0.2) is 11.2 Å². The van der Waals surface area contributed by atoms with E-state index in [9.17, 15) is 18.0 Å². The second kappa shape index (κ2) is 6.28. The van der Waals surface area contributed by atoms with E-state index in [-0.39, 0.29) is 17.7 Å². The zero-order valence-electron chi connectivity index (χ0n) is 12.1. The Balaban J connectivity index is 1.60. The molecule has 120 valence electrons. The highest BCUT2D eigenvalue weighted by Crippen LogP contribution is 2.36. The largest absolute Gasteiger partial charge is 0.416 e. The van der Waals surface area contributed by atoms with Crippen LogP contribution in [0, 0.1) is 0 Å². The molecule has 0 saturated heterocycles. The highest BCUT2D eigenvalue weighted by atomic mass is 32.2. The van der Waals surface area contributed by atoms with Crippen molar-refractivity contribution >= 4 is 17.7 Å². The number of hydrogen-bond acceptors (Lipinski definition) is 2. The number of fused-ring (bicyclic) bond motifs is 1. The first-order valence-electron chi connectivity index (χ1n) is 7.12. The minimum absolute atomic E-state index is 0.0934. The van der Waals surface area contributed by atoms with Crippen LogP contribution in [0.5, 0.6) is 0 Å². The number of hydrogen-bond donors (Lipinski definition) is 1. The molecule has 1 N–H and O–H groups in total. The molecule has 0 aliphatic carbocycles. The van der Waals surface area contributed by atoms with Gasteiger partial charge in [0.2, 0.25) is 5.91 Å². The third-order valence-corrected chi connectivity index (χ3v) is 4.98. The van der Waals surface area contributed by atoms with Crippen LogP contribution in [0.15, 0.2) is 53.4 Å². The van der Waals surface area contributed by atoms with Gasteiger partial charge in [-0.1, -0.05) is 30.3 Å². The lowest BCUT2D eigenvalue weighted by molar-refractivity contribution is -0.137. The third-order valence-electron chi connectivity index (χ3n) is 3.66. The van der Waals surface area contributed by atoms with Crippen LogP contribution in [-0.2, 0) is 23.9 Å². The fourth-order valence-electron chi connectivity index (χ4n) is 2.49. The van der Waals surface area contributed by atoms with Gasteiger partial charge >= 0.3 is 6.18 Å². The lowest BCUT2D eigenvalue weighted by Crippen LogP contribution is -2.32. The van der Waals surface area contributed by atoms with Crippen molar-refractivity contribution in [3.05, 3.63) is 65.2 Å². The molecule has 1 atom stereocenters. The molecule has 1 heterocycles. The summed E-state index contributed by atoms with van der Waals surface area (Å²) in [5.41, 5.74) is 0.873. The first kappa shape index (κ1) is 15.9. The lowest BCUT2D eigenvalue weighted by atomic mass is 10.1. The van der Waals surface area contributed by atoms with E-state index < -0.39 is 11.7 Å². The Hall–Kier alpha value is -1.95.